The lowest BCUT2D eigenvalue weighted by molar-refractivity contribution is -0.128. The Balaban J connectivity index is 4.64. The van der Waals surface area contributed by atoms with Crippen LogP contribution in [0.1, 0.15) is 52.4 Å². The summed E-state index contributed by atoms with van der Waals surface area (Å²) in [5, 5.41) is 15.1. The van der Waals surface area contributed by atoms with E-state index in [0.29, 0.717) is 19.4 Å². The summed E-state index contributed by atoms with van der Waals surface area (Å²) in [7, 11) is 4.06. The molecule has 0 spiro atoms. The van der Waals surface area contributed by atoms with Gasteiger partial charge in [0.2, 0.25) is 5.91 Å². The molecule has 0 aliphatic rings. The third-order valence-electron chi connectivity index (χ3n) is 3.70. The van der Waals surface area contributed by atoms with E-state index in [2.05, 4.69) is 15.4 Å². The highest BCUT2D eigenvalue weighted by atomic mass is 16.4. The summed E-state index contributed by atoms with van der Waals surface area (Å²) in [6, 6.07) is 0. The number of unbranched alkanes of at least 4 members (excludes halogenated alkanes) is 1. The monoisotopic (exact) mass is 300 g/mol. The average molecular weight is 300 g/mol. The Bertz CT molecular complexity index is 324. The first-order valence-electron chi connectivity index (χ1n) is 7.85. The summed E-state index contributed by atoms with van der Waals surface area (Å²) in [6.45, 7) is 5.63. The van der Waals surface area contributed by atoms with E-state index in [-0.39, 0.29) is 11.7 Å². The fourth-order valence-electron chi connectivity index (χ4n) is 2.60. The molecule has 0 atom stereocenters. The zero-order chi connectivity index (χ0) is 16.3. The summed E-state index contributed by atoms with van der Waals surface area (Å²) in [5.74, 6) is -0.0941. The molecule has 0 aromatic carbocycles. The molecule has 0 saturated heterocycles. The van der Waals surface area contributed by atoms with Crippen LogP contribution in [0.25, 0.3) is 0 Å². The van der Waals surface area contributed by atoms with E-state index in [4.69, 9.17) is 10.9 Å². The van der Waals surface area contributed by atoms with Crippen molar-refractivity contribution in [2.75, 3.05) is 27.2 Å². The molecule has 0 aliphatic carbocycles. The Morgan fingerprint density at radius 3 is 2.24 bits per heavy atom. The van der Waals surface area contributed by atoms with Crippen LogP contribution in [0.3, 0.4) is 0 Å². The van der Waals surface area contributed by atoms with Crippen molar-refractivity contribution in [2.24, 2.45) is 16.3 Å². The van der Waals surface area contributed by atoms with Gasteiger partial charge >= 0.3 is 0 Å². The van der Waals surface area contributed by atoms with Crippen molar-refractivity contribution >= 4 is 11.7 Å². The highest BCUT2D eigenvalue weighted by Crippen LogP contribution is 2.30. The van der Waals surface area contributed by atoms with Crippen molar-refractivity contribution in [3.05, 3.63) is 0 Å². The minimum Gasteiger partial charge on any atom is -0.409 e. The molecule has 4 N–H and O–H groups in total. The third kappa shape index (κ3) is 6.33. The predicted octanol–water partition coefficient (Wildman–Crippen LogP) is 1.78. The van der Waals surface area contributed by atoms with Gasteiger partial charge in [-0.2, -0.15) is 0 Å². The van der Waals surface area contributed by atoms with E-state index in [9.17, 15) is 4.79 Å². The Hall–Kier alpha value is -1.30. The summed E-state index contributed by atoms with van der Waals surface area (Å²) in [6.07, 6.45) is 4.77. The SMILES string of the molecule is CCCC(CCC)(C(=O)NCCCCN(C)C)C(N)=NO. The van der Waals surface area contributed by atoms with Crippen LogP contribution >= 0.6 is 0 Å². The number of carbonyl (C=O) groups is 1. The number of amides is 1. The maximum absolute atomic E-state index is 12.5. The van der Waals surface area contributed by atoms with Crippen molar-refractivity contribution in [3.8, 4) is 0 Å². The van der Waals surface area contributed by atoms with Crippen molar-refractivity contribution in [2.45, 2.75) is 52.4 Å². The van der Waals surface area contributed by atoms with Crippen LogP contribution < -0.4 is 11.1 Å². The Morgan fingerprint density at radius 2 is 1.81 bits per heavy atom. The van der Waals surface area contributed by atoms with Gasteiger partial charge in [0.25, 0.3) is 0 Å². The van der Waals surface area contributed by atoms with Crippen LogP contribution in [0.15, 0.2) is 5.16 Å². The number of nitrogens with zero attached hydrogens (tertiary/aromatic N) is 2. The van der Waals surface area contributed by atoms with Crippen LogP contribution in [0.5, 0.6) is 0 Å². The van der Waals surface area contributed by atoms with Gasteiger partial charge in [-0.1, -0.05) is 31.8 Å². The standard InChI is InChI=1S/C15H32N4O2/c1-5-9-15(10-6-2,13(16)18-21)14(20)17-11-7-8-12-19(3)4/h21H,5-12H2,1-4H3,(H2,16,18)(H,17,20). The number of amidine groups is 1. The summed E-state index contributed by atoms with van der Waals surface area (Å²) >= 11 is 0. The lowest BCUT2D eigenvalue weighted by Gasteiger charge is -2.30. The molecule has 0 rings (SSSR count). The summed E-state index contributed by atoms with van der Waals surface area (Å²) < 4.78 is 0. The fourth-order valence-corrected chi connectivity index (χ4v) is 2.60. The van der Waals surface area contributed by atoms with E-state index >= 15 is 0 Å². The van der Waals surface area contributed by atoms with E-state index in [0.717, 1.165) is 32.2 Å². The molecular weight excluding hydrogens is 268 g/mol. The number of nitrogens with one attached hydrogen (secondary N) is 1. The van der Waals surface area contributed by atoms with Gasteiger partial charge in [0.15, 0.2) is 5.84 Å². The molecule has 0 radical (unpaired) electrons. The summed E-state index contributed by atoms with van der Waals surface area (Å²) in [5.41, 5.74) is 4.95. The van der Waals surface area contributed by atoms with E-state index in [1.807, 2.05) is 27.9 Å². The normalized spacial score (nSPS) is 12.7. The number of hydrogen-bond acceptors (Lipinski definition) is 4. The summed E-state index contributed by atoms with van der Waals surface area (Å²) in [4.78, 5) is 14.7. The van der Waals surface area contributed by atoms with Gasteiger partial charge in [-0.3, -0.25) is 4.79 Å². The van der Waals surface area contributed by atoms with E-state index in [1.165, 1.54) is 0 Å². The molecule has 0 unspecified atom stereocenters. The second kappa shape index (κ2) is 10.4. The minimum absolute atomic E-state index is 0.0250. The highest BCUT2D eigenvalue weighted by Gasteiger charge is 2.41. The largest absolute Gasteiger partial charge is 0.409 e. The van der Waals surface area contributed by atoms with Crippen molar-refractivity contribution < 1.29 is 10.0 Å². The van der Waals surface area contributed by atoms with Gasteiger partial charge < -0.3 is 21.2 Å². The lowest BCUT2D eigenvalue weighted by Crippen LogP contribution is -2.50. The molecule has 0 fully saturated rings. The number of carbonyl (C=O) groups excluding carboxylic acids is 1. The van der Waals surface area contributed by atoms with Crippen LogP contribution in [-0.2, 0) is 4.79 Å². The van der Waals surface area contributed by atoms with Crippen molar-refractivity contribution in [3.63, 3.8) is 0 Å². The zero-order valence-electron chi connectivity index (χ0n) is 14.0. The molecule has 0 aromatic rings. The first-order chi connectivity index (χ1) is 9.94. The quantitative estimate of drug-likeness (QED) is 0.178. The van der Waals surface area contributed by atoms with Crippen molar-refractivity contribution in [1.82, 2.24) is 10.2 Å². The third-order valence-corrected chi connectivity index (χ3v) is 3.70. The molecule has 6 heteroatoms. The Labute approximate surface area is 128 Å². The molecule has 0 aromatic heterocycles. The second-order valence-corrected chi connectivity index (χ2v) is 5.83. The van der Waals surface area contributed by atoms with Gasteiger partial charge in [0.05, 0.1) is 0 Å². The maximum atomic E-state index is 12.5. The number of oxime groups is 1. The van der Waals surface area contributed by atoms with Gasteiger partial charge in [0, 0.05) is 6.54 Å². The molecule has 0 bridgehead atoms. The second-order valence-electron chi connectivity index (χ2n) is 5.83. The van der Waals surface area contributed by atoms with E-state index in [1.54, 1.807) is 0 Å². The minimum atomic E-state index is -0.875. The predicted molar refractivity (Wildman–Crippen MR) is 86.5 cm³/mol. The topological polar surface area (TPSA) is 91.0 Å². The fraction of sp³-hybridized carbons (Fsp3) is 0.867. The zero-order valence-corrected chi connectivity index (χ0v) is 14.0. The highest BCUT2D eigenvalue weighted by molar-refractivity contribution is 6.06. The van der Waals surface area contributed by atoms with Gasteiger partial charge in [-0.05, 0) is 46.3 Å². The average Bonchev–Trinajstić information content (AvgIpc) is 2.45. The van der Waals surface area contributed by atoms with Crippen LogP contribution in [0.2, 0.25) is 0 Å². The Kier molecular flexibility index (Phi) is 9.78. The number of hydrogen-bond donors (Lipinski definition) is 3. The molecule has 1 amide bonds. The van der Waals surface area contributed by atoms with Gasteiger partial charge in [-0.25, -0.2) is 0 Å². The van der Waals surface area contributed by atoms with Crippen molar-refractivity contribution in [1.29, 1.82) is 0 Å². The van der Waals surface area contributed by atoms with Crippen LogP contribution in [0.4, 0.5) is 0 Å². The van der Waals surface area contributed by atoms with Gasteiger partial charge in [-0.15, -0.1) is 0 Å². The smallest absolute Gasteiger partial charge is 0.233 e. The number of rotatable bonds is 11. The molecule has 6 nitrogen and oxygen atoms in total. The number of nitrogens with two attached hydrogens (primary N) is 1. The maximum Gasteiger partial charge on any atom is 0.233 e. The first-order valence-corrected chi connectivity index (χ1v) is 7.85. The Morgan fingerprint density at radius 1 is 1.24 bits per heavy atom. The molecule has 0 saturated carbocycles. The van der Waals surface area contributed by atoms with E-state index < -0.39 is 5.41 Å². The molecule has 21 heavy (non-hydrogen) atoms. The molecule has 0 heterocycles. The van der Waals surface area contributed by atoms with Crippen LogP contribution in [0, 0.1) is 5.41 Å². The molecule has 124 valence electrons. The van der Waals surface area contributed by atoms with Gasteiger partial charge in [0.1, 0.15) is 5.41 Å². The molecule has 0 aliphatic heterocycles. The molecular formula is C15H32N4O2. The lowest BCUT2D eigenvalue weighted by atomic mass is 9.77. The van der Waals surface area contributed by atoms with Crippen LogP contribution in [-0.4, -0.2) is 49.0 Å². The first kappa shape index (κ1) is 19.7.